The van der Waals surface area contributed by atoms with Crippen molar-refractivity contribution in [3.63, 3.8) is 0 Å². The maximum Gasteiger partial charge on any atom is 0.225 e. The monoisotopic (exact) mass is 365 g/mol. The number of ether oxygens (including phenoxy) is 1. The van der Waals surface area contributed by atoms with Gasteiger partial charge >= 0.3 is 0 Å². The highest BCUT2D eigenvalue weighted by molar-refractivity contribution is 5.79. The minimum absolute atomic E-state index is 0.174. The maximum absolute atomic E-state index is 12.7. The molecule has 2 aliphatic rings. The predicted octanol–water partition coefficient (Wildman–Crippen LogP) is 2.82. The maximum atomic E-state index is 12.7. The number of morpholine rings is 1. The van der Waals surface area contributed by atoms with Crippen molar-refractivity contribution in [2.75, 3.05) is 39.4 Å². The summed E-state index contributed by atoms with van der Waals surface area (Å²) in [7, 11) is 0. The number of nitrogens with zero attached hydrogens (tertiary/aromatic N) is 3. The van der Waals surface area contributed by atoms with Gasteiger partial charge in [0.05, 0.1) is 13.2 Å². The lowest BCUT2D eigenvalue weighted by atomic mass is 9.94. The molecule has 0 atom stereocenters. The fourth-order valence-electron chi connectivity index (χ4n) is 4.08. The van der Waals surface area contributed by atoms with Crippen LogP contribution in [0.2, 0.25) is 0 Å². The van der Waals surface area contributed by atoms with E-state index in [1.54, 1.807) is 0 Å². The van der Waals surface area contributed by atoms with Crippen molar-refractivity contribution in [3.05, 3.63) is 54.4 Å². The Morgan fingerprint density at radius 1 is 1.04 bits per heavy atom. The largest absolute Gasteiger partial charge is 0.378 e. The molecule has 0 radical (unpaired) electrons. The van der Waals surface area contributed by atoms with Crippen LogP contribution < -0.4 is 0 Å². The summed E-state index contributed by atoms with van der Waals surface area (Å²) in [6.45, 7) is 5.72. The van der Waals surface area contributed by atoms with E-state index >= 15 is 0 Å². The van der Waals surface area contributed by atoms with E-state index in [-0.39, 0.29) is 5.92 Å². The molecule has 4 rings (SSSR count). The van der Waals surface area contributed by atoms with E-state index in [1.165, 1.54) is 11.1 Å². The van der Waals surface area contributed by atoms with Crippen LogP contribution in [-0.2, 0) is 16.1 Å². The molecule has 2 fully saturated rings. The highest BCUT2D eigenvalue weighted by Gasteiger charge is 2.29. The zero-order valence-corrected chi connectivity index (χ0v) is 15.7. The molecule has 0 spiro atoms. The minimum Gasteiger partial charge on any atom is -0.378 e. The SMILES string of the molecule is O=C(C1CCN(Cc2ccccc2-c2cccnc2)CC1)N1CCOCC1. The summed E-state index contributed by atoms with van der Waals surface area (Å²) in [4.78, 5) is 21.4. The molecule has 1 aromatic carbocycles. The fraction of sp³-hybridized carbons (Fsp3) is 0.455. The van der Waals surface area contributed by atoms with Crippen molar-refractivity contribution in [1.82, 2.24) is 14.8 Å². The molecule has 0 bridgehead atoms. The van der Waals surface area contributed by atoms with Crippen molar-refractivity contribution < 1.29 is 9.53 Å². The molecule has 142 valence electrons. The van der Waals surface area contributed by atoms with E-state index in [2.05, 4.69) is 40.2 Å². The Hall–Kier alpha value is -2.24. The molecule has 0 unspecified atom stereocenters. The van der Waals surface area contributed by atoms with Gasteiger partial charge in [-0.15, -0.1) is 0 Å². The van der Waals surface area contributed by atoms with Crippen LogP contribution in [0, 0.1) is 5.92 Å². The number of carbonyl (C=O) groups is 1. The number of benzene rings is 1. The first-order valence-electron chi connectivity index (χ1n) is 9.88. The molecule has 0 N–H and O–H groups in total. The van der Waals surface area contributed by atoms with Gasteiger partial charge in [-0.25, -0.2) is 0 Å². The summed E-state index contributed by atoms with van der Waals surface area (Å²) in [5.41, 5.74) is 3.73. The Balaban J connectivity index is 1.37. The topological polar surface area (TPSA) is 45.7 Å². The number of aromatic nitrogens is 1. The second-order valence-corrected chi connectivity index (χ2v) is 7.39. The molecular formula is C22H27N3O2. The zero-order chi connectivity index (χ0) is 18.5. The number of piperidine rings is 1. The number of rotatable bonds is 4. The lowest BCUT2D eigenvalue weighted by Crippen LogP contribution is -2.46. The summed E-state index contributed by atoms with van der Waals surface area (Å²) in [5, 5.41) is 0. The molecule has 27 heavy (non-hydrogen) atoms. The minimum atomic E-state index is 0.174. The Kier molecular flexibility index (Phi) is 5.80. The van der Waals surface area contributed by atoms with Crippen LogP contribution in [0.15, 0.2) is 48.8 Å². The van der Waals surface area contributed by atoms with E-state index in [0.717, 1.165) is 51.1 Å². The fourth-order valence-corrected chi connectivity index (χ4v) is 4.08. The second-order valence-electron chi connectivity index (χ2n) is 7.39. The van der Waals surface area contributed by atoms with E-state index in [9.17, 15) is 4.79 Å². The van der Waals surface area contributed by atoms with Gasteiger partial charge in [0.2, 0.25) is 5.91 Å². The Labute approximate surface area is 161 Å². The van der Waals surface area contributed by atoms with Gasteiger partial charge < -0.3 is 9.64 Å². The molecular weight excluding hydrogens is 338 g/mol. The molecule has 5 nitrogen and oxygen atoms in total. The van der Waals surface area contributed by atoms with Crippen LogP contribution in [0.1, 0.15) is 18.4 Å². The first kappa shape index (κ1) is 18.1. The smallest absolute Gasteiger partial charge is 0.225 e. The quantitative estimate of drug-likeness (QED) is 0.836. The Morgan fingerprint density at radius 2 is 1.81 bits per heavy atom. The molecule has 3 heterocycles. The van der Waals surface area contributed by atoms with Crippen LogP contribution in [0.25, 0.3) is 11.1 Å². The van der Waals surface area contributed by atoms with Crippen LogP contribution >= 0.6 is 0 Å². The van der Waals surface area contributed by atoms with Gasteiger partial charge in [0, 0.05) is 43.5 Å². The summed E-state index contributed by atoms with van der Waals surface area (Å²) in [6, 6.07) is 12.6. The Morgan fingerprint density at radius 3 is 2.56 bits per heavy atom. The number of hydrogen-bond acceptors (Lipinski definition) is 4. The lowest BCUT2D eigenvalue weighted by Gasteiger charge is -2.35. The van der Waals surface area contributed by atoms with E-state index in [1.807, 2.05) is 23.4 Å². The first-order chi connectivity index (χ1) is 13.3. The molecule has 2 aliphatic heterocycles. The third-order valence-corrected chi connectivity index (χ3v) is 5.64. The third kappa shape index (κ3) is 4.37. The Bertz CT molecular complexity index is 751. The van der Waals surface area contributed by atoms with E-state index in [0.29, 0.717) is 19.1 Å². The van der Waals surface area contributed by atoms with Crippen molar-refractivity contribution in [2.45, 2.75) is 19.4 Å². The number of likely N-dealkylation sites (tertiary alicyclic amines) is 1. The summed E-state index contributed by atoms with van der Waals surface area (Å²) < 4.78 is 5.36. The van der Waals surface area contributed by atoms with Gasteiger partial charge in [-0.1, -0.05) is 30.3 Å². The van der Waals surface area contributed by atoms with Gasteiger partial charge in [0.15, 0.2) is 0 Å². The number of carbonyl (C=O) groups excluding carboxylic acids is 1. The molecule has 2 aromatic rings. The second kappa shape index (κ2) is 8.63. The van der Waals surface area contributed by atoms with Crippen LogP contribution in [0.5, 0.6) is 0 Å². The standard InChI is InChI=1S/C22H27N3O2/c26-22(25-12-14-27-15-13-25)18-7-10-24(11-8-18)17-20-4-1-2-6-21(20)19-5-3-9-23-16-19/h1-6,9,16,18H,7-8,10-15,17H2. The molecule has 0 saturated carbocycles. The molecule has 2 saturated heterocycles. The van der Waals surface area contributed by atoms with Crippen molar-refractivity contribution >= 4 is 5.91 Å². The molecule has 0 aliphatic carbocycles. The summed E-state index contributed by atoms with van der Waals surface area (Å²) in [6.07, 6.45) is 5.63. The van der Waals surface area contributed by atoms with Crippen molar-refractivity contribution in [3.8, 4) is 11.1 Å². The predicted molar refractivity (Wildman–Crippen MR) is 105 cm³/mol. The normalized spacial score (nSPS) is 19.2. The average Bonchev–Trinajstić information content (AvgIpc) is 2.75. The zero-order valence-electron chi connectivity index (χ0n) is 15.7. The summed E-state index contributed by atoms with van der Waals surface area (Å²) in [5.74, 6) is 0.502. The van der Waals surface area contributed by atoms with Crippen molar-refractivity contribution in [2.24, 2.45) is 5.92 Å². The van der Waals surface area contributed by atoms with E-state index in [4.69, 9.17) is 4.74 Å². The molecule has 1 aromatic heterocycles. The highest BCUT2D eigenvalue weighted by atomic mass is 16.5. The molecule has 5 heteroatoms. The number of amides is 1. The van der Waals surface area contributed by atoms with Crippen LogP contribution in [0.4, 0.5) is 0 Å². The third-order valence-electron chi connectivity index (χ3n) is 5.64. The molecule has 1 amide bonds. The summed E-state index contributed by atoms with van der Waals surface area (Å²) >= 11 is 0. The average molecular weight is 365 g/mol. The van der Waals surface area contributed by atoms with Crippen LogP contribution in [0.3, 0.4) is 0 Å². The van der Waals surface area contributed by atoms with Gasteiger partial charge in [-0.3, -0.25) is 14.7 Å². The van der Waals surface area contributed by atoms with Gasteiger partial charge in [-0.2, -0.15) is 0 Å². The van der Waals surface area contributed by atoms with Crippen LogP contribution in [-0.4, -0.2) is 60.1 Å². The van der Waals surface area contributed by atoms with Crippen molar-refractivity contribution in [1.29, 1.82) is 0 Å². The highest BCUT2D eigenvalue weighted by Crippen LogP contribution is 2.26. The lowest BCUT2D eigenvalue weighted by molar-refractivity contribution is -0.141. The van der Waals surface area contributed by atoms with Gasteiger partial charge in [0.25, 0.3) is 0 Å². The van der Waals surface area contributed by atoms with E-state index < -0.39 is 0 Å². The van der Waals surface area contributed by atoms with Gasteiger partial charge in [-0.05, 0) is 43.1 Å². The first-order valence-corrected chi connectivity index (χ1v) is 9.88. The van der Waals surface area contributed by atoms with Gasteiger partial charge in [0.1, 0.15) is 0 Å². The number of hydrogen-bond donors (Lipinski definition) is 0. The number of pyridine rings is 1.